The molecule has 4 heteroatoms. The maximum Gasteiger partial charge on any atom is 0.163 e. The van der Waals surface area contributed by atoms with Gasteiger partial charge in [-0.3, -0.25) is 0 Å². The molecule has 92 valence electrons. The minimum absolute atomic E-state index is 0.303. The molecule has 1 aliphatic rings. The van der Waals surface area contributed by atoms with E-state index in [0.29, 0.717) is 24.8 Å². The van der Waals surface area contributed by atoms with Crippen molar-refractivity contribution in [2.24, 2.45) is 0 Å². The summed E-state index contributed by atoms with van der Waals surface area (Å²) in [7, 11) is 0. The summed E-state index contributed by atoms with van der Waals surface area (Å²) >= 11 is 0. The van der Waals surface area contributed by atoms with E-state index in [9.17, 15) is 5.26 Å². The predicted molar refractivity (Wildman–Crippen MR) is 68.0 cm³/mol. The maximum absolute atomic E-state index is 9.20. The van der Waals surface area contributed by atoms with Crippen LogP contribution < -0.4 is 9.47 Å². The van der Waals surface area contributed by atoms with Crippen molar-refractivity contribution in [2.45, 2.75) is 19.9 Å². The number of hydrogen-bond donors (Lipinski definition) is 0. The van der Waals surface area contributed by atoms with Crippen molar-refractivity contribution in [3.05, 3.63) is 23.9 Å². The quantitative estimate of drug-likeness (QED) is 0.772. The summed E-state index contributed by atoms with van der Waals surface area (Å²) in [5.41, 5.74) is 1.70. The molecule has 0 unspecified atom stereocenters. The Hall–Kier alpha value is -2.15. The number of hydrogen-bond acceptors (Lipinski definition) is 3. The van der Waals surface area contributed by atoms with Crippen LogP contribution >= 0.6 is 0 Å². The zero-order valence-corrected chi connectivity index (χ0v) is 10.4. The van der Waals surface area contributed by atoms with E-state index in [-0.39, 0.29) is 0 Å². The fraction of sp³-hybridized carbons (Fsp3) is 0.357. The maximum atomic E-state index is 9.20. The molecular formula is C14H14N2O2. The number of rotatable bonds is 1. The van der Waals surface area contributed by atoms with Crippen molar-refractivity contribution in [3.8, 4) is 17.6 Å². The van der Waals surface area contributed by atoms with E-state index in [1.165, 1.54) is 0 Å². The first-order valence-corrected chi connectivity index (χ1v) is 6.05. The molecule has 0 aliphatic carbocycles. The fourth-order valence-electron chi connectivity index (χ4n) is 2.30. The Kier molecular flexibility index (Phi) is 2.41. The molecule has 0 saturated carbocycles. The molecule has 18 heavy (non-hydrogen) atoms. The van der Waals surface area contributed by atoms with Gasteiger partial charge in [0.05, 0.1) is 11.1 Å². The highest BCUT2D eigenvalue weighted by atomic mass is 16.6. The molecule has 0 amide bonds. The van der Waals surface area contributed by atoms with E-state index in [0.717, 1.165) is 22.4 Å². The van der Waals surface area contributed by atoms with Crippen molar-refractivity contribution in [1.82, 2.24) is 4.57 Å². The van der Waals surface area contributed by atoms with Crippen LogP contribution in [0.5, 0.6) is 11.5 Å². The molecular weight excluding hydrogens is 228 g/mol. The number of fused-ring (bicyclic) bond motifs is 2. The van der Waals surface area contributed by atoms with Crippen LogP contribution in [-0.4, -0.2) is 17.8 Å². The summed E-state index contributed by atoms with van der Waals surface area (Å²) in [6.07, 6.45) is 1.89. The van der Waals surface area contributed by atoms with E-state index in [2.05, 4.69) is 24.5 Å². The smallest absolute Gasteiger partial charge is 0.163 e. The van der Waals surface area contributed by atoms with E-state index in [4.69, 9.17) is 9.47 Å². The lowest BCUT2D eigenvalue weighted by molar-refractivity contribution is 0.172. The van der Waals surface area contributed by atoms with E-state index >= 15 is 0 Å². The average Bonchev–Trinajstić information content (AvgIpc) is 2.74. The highest BCUT2D eigenvalue weighted by Gasteiger charge is 2.18. The van der Waals surface area contributed by atoms with Crippen LogP contribution in [0.4, 0.5) is 0 Å². The van der Waals surface area contributed by atoms with Crippen molar-refractivity contribution in [3.63, 3.8) is 0 Å². The molecule has 1 aromatic heterocycles. The molecule has 2 heterocycles. The van der Waals surface area contributed by atoms with Gasteiger partial charge in [0.25, 0.3) is 0 Å². The van der Waals surface area contributed by atoms with Gasteiger partial charge < -0.3 is 14.0 Å². The van der Waals surface area contributed by atoms with Gasteiger partial charge >= 0.3 is 0 Å². The SMILES string of the molecule is CC(C)n1cc(C#N)c2cc3c(cc21)OCCO3. The van der Waals surface area contributed by atoms with Gasteiger partial charge in [-0.15, -0.1) is 0 Å². The molecule has 2 aromatic rings. The molecule has 0 N–H and O–H groups in total. The number of aromatic nitrogens is 1. The fourth-order valence-corrected chi connectivity index (χ4v) is 2.30. The second-order valence-corrected chi connectivity index (χ2v) is 4.67. The second-order valence-electron chi connectivity index (χ2n) is 4.67. The number of nitrogens with zero attached hydrogens (tertiary/aromatic N) is 2. The van der Waals surface area contributed by atoms with Crippen molar-refractivity contribution in [1.29, 1.82) is 5.26 Å². The normalized spacial score (nSPS) is 13.9. The van der Waals surface area contributed by atoms with E-state index in [1.54, 1.807) is 0 Å². The predicted octanol–water partition coefficient (Wildman–Crippen LogP) is 2.87. The Labute approximate surface area is 105 Å². The summed E-state index contributed by atoms with van der Waals surface area (Å²) in [6, 6.07) is 6.40. The number of benzene rings is 1. The first-order valence-electron chi connectivity index (χ1n) is 6.05. The van der Waals surface area contributed by atoms with Crippen LogP contribution in [-0.2, 0) is 0 Å². The Bertz CT molecular complexity index is 650. The zero-order chi connectivity index (χ0) is 12.7. The second kappa shape index (κ2) is 3.95. The van der Waals surface area contributed by atoms with E-state index in [1.807, 2.05) is 18.3 Å². The minimum atomic E-state index is 0.303. The molecule has 0 bridgehead atoms. The van der Waals surface area contributed by atoms with E-state index < -0.39 is 0 Å². The van der Waals surface area contributed by atoms with Gasteiger partial charge in [-0.05, 0) is 19.9 Å². The lowest BCUT2D eigenvalue weighted by Crippen LogP contribution is -2.15. The first-order chi connectivity index (χ1) is 8.70. The molecule has 3 rings (SSSR count). The molecule has 4 nitrogen and oxygen atoms in total. The molecule has 0 atom stereocenters. The van der Waals surface area contributed by atoms with Crippen LogP contribution in [0.25, 0.3) is 10.9 Å². The Morgan fingerprint density at radius 3 is 2.50 bits per heavy atom. The Morgan fingerprint density at radius 1 is 1.22 bits per heavy atom. The van der Waals surface area contributed by atoms with Gasteiger partial charge in [0.2, 0.25) is 0 Å². The van der Waals surface area contributed by atoms with Crippen LogP contribution in [0.15, 0.2) is 18.3 Å². The molecule has 1 aliphatic heterocycles. The monoisotopic (exact) mass is 242 g/mol. The number of nitriles is 1. The third-order valence-corrected chi connectivity index (χ3v) is 3.17. The summed E-state index contributed by atoms with van der Waals surface area (Å²) in [5, 5.41) is 10.1. The van der Waals surface area contributed by atoms with Crippen LogP contribution in [0, 0.1) is 11.3 Å². The van der Waals surface area contributed by atoms with Gasteiger partial charge in [-0.2, -0.15) is 5.26 Å². The summed E-state index contributed by atoms with van der Waals surface area (Å²) in [6.45, 7) is 5.33. The van der Waals surface area contributed by atoms with Crippen molar-refractivity contribution in [2.75, 3.05) is 13.2 Å². The minimum Gasteiger partial charge on any atom is -0.486 e. The third kappa shape index (κ3) is 1.52. The average molecular weight is 242 g/mol. The van der Waals surface area contributed by atoms with Crippen molar-refractivity contribution >= 4 is 10.9 Å². The molecule has 0 fully saturated rings. The lowest BCUT2D eigenvalue weighted by atomic mass is 10.1. The molecule has 1 aromatic carbocycles. The standard InChI is InChI=1S/C14H14N2O2/c1-9(2)16-8-10(7-15)11-5-13-14(6-12(11)16)18-4-3-17-13/h5-6,8-9H,3-4H2,1-2H3. The van der Waals surface area contributed by atoms with Crippen molar-refractivity contribution < 1.29 is 9.47 Å². The highest BCUT2D eigenvalue weighted by molar-refractivity contribution is 5.89. The third-order valence-electron chi connectivity index (χ3n) is 3.17. The van der Waals surface area contributed by atoms with Gasteiger partial charge in [-0.25, -0.2) is 0 Å². The summed E-state index contributed by atoms with van der Waals surface area (Å²) < 4.78 is 13.2. The topological polar surface area (TPSA) is 47.2 Å². The van der Waals surface area contributed by atoms with Crippen LogP contribution in [0.3, 0.4) is 0 Å². The molecule has 0 radical (unpaired) electrons. The van der Waals surface area contributed by atoms with Crippen LogP contribution in [0.1, 0.15) is 25.5 Å². The van der Waals surface area contributed by atoms with Gasteiger partial charge in [0.1, 0.15) is 19.3 Å². The highest BCUT2D eigenvalue weighted by Crippen LogP contribution is 2.37. The van der Waals surface area contributed by atoms with Crippen LogP contribution in [0.2, 0.25) is 0 Å². The summed E-state index contributed by atoms with van der Waals surface area (Å²) in [5.74, 6) is 1.49. The zero-order valence-electron chi connectivity index (χ0n) is 10.4. The number of ether oxygens (including phenoxy) is 2. The Balaban J connectivity index is 2.31. The lowest BCUT2D eigenvalue weighted by Gasteiger charge is -2.19. The molecule has 0 spiro atoms. The first kappa shape index (κ1) is 11.0. The van der Waals surface area contributed by atoms with Gasteiger partial charge in [-0.1, -0.05) is 0 Å². The molecule has 0 saturated heterocycles. The Morgan fingerprint density at radius 2 is 1.89 bits per heavy atom. The largest absolute Gasteiger partial charge is 0.486 e. The van der Waals surface area contributed by atoms with Gasteiger partial charge in [0, 0.05) is 23.7 Å². The summed E-state index contributed by atoms with van der Waals surface area (Å²) in [4.78, 5) is 0. The van der Waals surface area contributed by atoms with Gasteiger partial charge in [0.15, 0.2) is 11.5 Å².